The van der Waals surface area contributed by atoms with Crippen molar-refractivity contribution in [3.05, 3.63) is 113 Å². The second-order valence-electron chi connectivity index (χ2n) is 17.4. The molecule has 0 aromatic heterocycles. The molecule has 3 aromatic carbocycles. The molecule has 0 spiro atoms. The molecular formula is C49H62ClFN2O8. The van der Waals surface area contributed by atoms with Gasteiger partial charge in [0.05, 0.1) is 24.1 Å². The summed E-state index contributed by atoms with van der Waals surface area (Å²) in [6.07, 6.45) is 7.97. The third-order valence-electron chi connectivity index (χ3n) is 12.0. The van der Waals surface area contributed by atoms with Gasteiger partial charge in [0.15, 0.2) is 0 Å². The first-order valence-corrected chi connectivity index (χ1v) is 22.1. The predicted molar refractivity (Wildman–Crippen MR) is 236 cm³/mol. The van der Waals surface area contributed by atoms with E-state index in [1.54, 1.807) is 23.1 Å². The number of fused-ring (bicyclic) bond motifs is 2. The fourth-order valence-corrected chi connectivity index (χ4v) is 9.19. The summed E-state index contributed by atoms with van der Waals surface area (Å²) in [4.78, 5) is 22.3. The van der Waals surface area contributed by atoms with E-state index in [0.717, 1.165) is 42.4 Å². The Bertz CT molecular complexity index is 2030. The number of amides is 1. The Kier molecular flexibility index (Phi) is 15.6. The molecule has 0 unspecified atom stereocenters. The molecule has 1 fully saturated rings. The van der Waals surface area contributed by atoms with E-state index in [1.807, 2.05) is 51.1 Å². The first kappa shape index (κ1) is 46.1. The van der Waals surface area contributed by atoms with Crippen LogP contribution in [0.4, 0.5) is 9.18 Å². The lowest BCUT2D eigenvalue weighted by Gasteiger charge is -2.60. The SMILES string of the molecule is C=CCO[C@@]12Oc3ccc(Oc4ccc(C)c(C)c4)cc3[C@H]3[C@H](CCCCO)[C@@H](CCCCO)C=C(C(=NOC(C)(C)C)C[C@@H]1N(Cc1ccc(F)cc1)C(=O)OCCCl)[C@H]32. The van der Waals surface area contributed by atoms with Crippen molar-refractivity contribution in [2.75, 3.05) is 32.3 Å². The number of rotatable bonds is 19. The number of hydrogen-bond donors (Lipinski definition) is 2. The lowest BCUT2D eigenvalue weighted by Crippen LogP contribution is -2.70. The van der Waals surface area contributed by atoms with Crippen LogP contribution in [0, 0.1) is 37.4 Å². The highest BCUT2D eigenvalue weighted by molar-refractivity contribution is 6.18. The number of unbranched alkanes of at least 4 members (excludes halogenated alkanes) is 2. The Labute approximate surface area is 365 Å². The molecule has 2 aliphatic carbocycles. The zero-order valence-corrected chi connectivity index (χ0v) is 37.0. The number of nitrogens with zero attached hydrogens (tertiary/aromatic N) is 2. The second kappa shape index (κ2) is 20.6. The quantitative estimate of drug-likeness (QED) is 0.0529. The number of carbonyl (C=O) groups is 1. The molecular weight excluding hydrogens is 799 g/mol. The summed E-state index contributed by atoms with van der Waals surface area (Å²) in [7, 11) is 0. The summed E-state index contributed by atoms with van der Waals surface area (Å²) in [5.41, 5.74) is 4.81. The molecule has 0 bridgehead atoms. The Balaban J connectivity index is 1.62. The summed E-state index contributed by atoms with van der Waals surface area (Å²) in [5, 5.41) is 24.8. The minimum atomic E-state index is -1.51. The molecule has 0 saturated heterocycles. The topological polar surface area (TPSA) is 119 Å². The van der Waals surface area contributed by atoms with Crippen molar-refractivity contribution in [1.82, 2.24) is 4.90 Å². The largest absolute Gasteiger partial charge is 0.459 e. The van der Waals surface area contributed by atoms with E-state index in [0.29, 0.717) is 41.4 Å². The van der Waals surface area contributed by atoms with Gasteiger partial charge in [-0.3, -0.25) is 4.90 Å². The van der Waals surface area contributed by atoms with Gasteiger partial charge >= 0.3 is 6.09 Å². The Hall–Kier alpha value is -4.42. The normalized spacial score (nSPS) is 23.6. The maximum atomic E-state index is 14.5. The van der Waals surface area contributed by atoms with Crippen LogP contribution >= 0.6 is 11.6 Å². The maximum Gasteiger partial charge on any atom is 0.410 e. The summed E-state index contributed by atoms with van der Waals surface area (Å²) in [6.45, 7) is 14.2. The van der Waals surface area contributed by atoms with Gasteiger partial charge in [0.1, 0.15) is 41.3 Å². The van der Waals surface area contributed by atoms with E-state index in [-0.39, 0.29) is 63.0 Å². The van der Waals surface area contributed by atoms with Gasteiger partial charge in [-0.1, -0.05) is 48.3 Å². The number of ether oxygens (including phenoxy) is 4. The van der Waals surface area contributed by atoms with Crippen molar-refractivity contribution < 1.29 is 43.2 Å². The molecule has 0 radical (unpaired) electrons. The van der Waals surface area contributed by atoms with Crippen molar-refractivity contribution in [2.45, 2.75) is 109 Å². The highest BCUT2D eigenvalue weighted by Gasteiger charge is 2.65. The standard InChI is InChI=1S/C49H62ClFN2O8/c1-7-25-58-49-44(53(47(56)57-26-22-50)31-34-15-17-36(51)18-16-34)30-42(52-61-48(4,5)6)40-28-35(12-8-10-23-54)39(13-9-11-24-55)45(46(40)49)41-29-38(20-21-43(41)60-49)59-37-19-14-32(2)33(3)27-37/h7,14-21,27-29,35,39,44-46,54-55H,1,8-13,22-26,30-31H2,2-6H3/t35-,39+,44-,45+,46+,49+/m0/s1. The highest BCUT2D eigenvalue weighted by Crippen LogP contribution is 2.62. The van der Waals surface area contributed by atoms with Crippen LogP contribution in [0.2, 0.25) is 0 Å². The number of carbonyl (C=O) groups excluding carboxylic acids is 1. The zero-order valence-electron chi connectivity index (χ0n) is 36.2. The minimum Gasteiger partial charge on any atom is -0.459 e. The molecule has 1 amide bonds. The number of aliphatic hydroxyl groups is 2. The van der Waals surface area contributed by atoms with E-state index in [2.05, 4.69) is 32.6 Å². The molecule has 6 rings (SSSR count). The molecule has 1 saturated carbocycles. The average molecular weight is 861 g/mol. The fourth-order valence-electron chi connectivity index (χ4n) is 9.11. The van der Waals surface area contributed by atoms with E-state index in [1.165, 1.54) is 17.7 Å². The molecule has 12 heteroatoms. The third kappa shape index (κ3) is 10.8. The van der Waals surface area contributed by atoms with Gasteiger partial charge in [0.25, 0.3) is 0 Å². The van der Waals surface area contributed by atoms with E-state index in [9.17, 15) is 19.4 Å². The molecule has 2 N–H and O–H groups in total. The van der Waals surface area contributed by atoms with Crippen molar-refractivity contribution in [3.63, 3.8) is 0 Å². The summed E-state index contributed by atoms with van der Waals surface area (Å²) >= 11 is 6.07. The summed E-state index contributed by atoms with van der Waals surface area (Å²) < 4.78 is 41.0. The van der Waals surface area contributed by atoms with Gasteiger partial charge in [0.2, 0.25) is 5.79 Å². The van der Waals surface area contributed by atoms with Gasteiger partial charge in [-0.05, 0) is 137 Å². The van der Waals surface area contributed by atoms with Crippen LogP contribution in [0.5, 0.6) is 17.2 Å². The number of aryl methyl sites for hydroxylation is 2. The highest BCUT2D eigenvalue weighted by atomic mass is 35.5. The molecule has 1 heterocycles. The number of oxime groups is 1. The molecule has 3 aromatic rings. The van der Waals surface area contributed by atoms with Crippen LogP contribution in [-0.4, -0.2) is 76.7 Å². The van der Waals surface area contributed by atoms with Crippen LogP contribution in [0.25, 0.3) is 0 Å². The second-order valence-corrected chi connectivity index (χ2v) is 17.8. The van der Waals surface area contributed by atoms with Crippen molar-refractivity contribution in [1.29, 1.82) is 0 Å². The van der Waals surface area contributed by atoms with Crippen molar-refractivity contribution >= 4 is 23.4 Å². The van der Waals surface area contributed by atoms with Gasteiger partial charge in [0, 0.05) is 37.7 Å². The van der Waals surface area contributed by atoms with Gasteiger partial charge in [-0.25, -0.2) is 9.18 Å². The predicted octanol–water partition coefficient (Wildman–Crippen LogP) is 10.5. The number of allylic oxidation sites excluding steroid dienone is 1. The number of halogens is 2. The molecule has 10 nitrogen and oxygen atoms in total. The lowest BCUT2D eigenvalue weighted by atomic mass is 9.55. The smallest absolute Gasteiger partial charge is 0.410 e. The Morgan fingerprint density at radius 1 is 1.00 bits per heavy atom. The number of alkyl halides is 1. The van der Waals surface area contributed by atoms with Crippen molar-refractivity contribution in [2.24, 2.45) is 22.9 Å². The van der Waals surface area contributed by atoms with E-state index >= 15 is 0 Å². The van der Waals surface area contributed by atoms with Crippen molar-refractivity contribution in [3.8, 4) is 17.2 Å². The van der Waals surface area contributed by atoms with Crippen LogP contribution in [0.1, 0.15) is 93.9 Å². The van der Waals surface area contributed by atoms with E-state index in [4.69, 9.17) is 40.5 Å². The lowest BCUT2D eigenvalue weighted by molar-refractivity contribution is -0.256. The molecule has 330 valence electrons. The monoisotopic (exact) mass is 860 g/mol. The van der Waals surface area contributed by atoms with Crippen LogP contribution in [0.3, 0.4) is 0 Å². The van der Waals surface area contributed by atoms with Crippen LogP contribution < -0.4 is 9.47 Å². The molecule has 3 aliphatic rings. The summed E-state index contributed by atoms with van der Waals surface area (Å²) in [5.74, 6) is -0.604. The van der Waals surface area contributed by atoms with Gasteiger partial charge in [-0.2, -0.15) is 0 Å². The first-order valence-electron chi connectivity index (χ1n) is 21.6. The Morgan fingerprint density at radius 2 is 1.70 bits per heavy atom. The van der Waals surface area contributed by atoms with Crippen LogP contribution in [0.15, 0.2) is 90.1 Å². The number of benzene rings is 3. The minimum absolute atomic E-state index is 0.0162. The number of aliphatic hydroxyl groups excluding tert-OH is 2. The molecule has 1 aliphatic heterocycles. The van der Waals surface area contributed by atoms with E-state index < -0.39 is 35.3 Å². The van der Waals surface area contributed by atoms with Gasteiger partial charge < -0.3 is 34.0 Å². The maximum absolute atomic E-state index is 14.5. The third-order valence-corrected chi connectivity index (χ3v) is 12.1. The summed E-state index contributed by atoms with van der Waals surface area (Å²) in [6, 6.07) is 17.1. The molecule has 61 heavy (non-hydrogen) atoms. The fraction of sp³-hybridized carbons (Fsp3) is 0.510. The molecule has 6 atom stereocenters. The zero-order chi connectivity index (χ0) is 43.7. The Morgan fingerprint density at radius 3 is 2.38 bits per heavy atom. The first-order chi connectivity index (χ1) is 29.3. The van der Waals surface area contributed by atoms with Gasteiger partial charge in [-0.15, -0.1) is 18.2 Å². The average Bonchev–Trinajstić information content (AvgIpc) is 3.23. The van der Waals surface area contributed by atoms with Crippen LogP contribution in [-0.2, 0) is 20.9 Å². The number of hydrogen-bond acceptors (Lipinski definition) is 9.